The second-order valence-electron chi connectivity index (χ2n) is 5.01. The summed E-state index contributed by atoms with van der Waals surface area (Å²) < 4.78 is 23.7. The topological polar surface area (TPSA) is 35.5 Å². The predicted octanol–water partition coefficient (Wildman–Crippen LogP) is 6.18. The van der Waals surface area contributed by atoms with Crippen LogP contribution in [0.4, 0.5) is 0 Å². The van der Waals surface area contributed by atoms with Gasteiger partial charge in [0.1, 0.15) is 0 Å². The molecule has 0 spiro atoms. The monoisotopic (exact) mass is 362 g/mol. The first-order valence-corrected chi connectivity index (χ1v) is 10.6. The Hall–Kier alpha value is -1.32. The van der Waals surface area contributed by atoms with Crippen LogP contribution in [0.2, 0.25) is 0 Å². The molecule has 0 heterocycles. The molecule has 128 valence electrons. The van der Waals surface area contributed by atoms with Crippen LogP contribution >= 0.6 is 19.4 Å². The molecule has 24 heavy (non-hydrogen) atoms. The van der Waals surface area contributed by atoms with Crippen molar-refractivity contribution >= 4 is 24.3 Å². The van der Waals surface area contributed by atoms with Gasteiger partial charge in [0.2, 0.25) is 0 Å². The van der Waals surface area contributed by atoms with E-state index < -0.39 is 7.60 Å². The summed E-state index contributed by atoms with van der Waals surface area (Å²) in [6.45, 7) is 4.33. The fourth-order valence-electron chi connectivity index (χ4n) is 2.15. The second kappa shape index (κ2) is 9.85. The normalized spacial score (nSPS) is 12.3. The van der Waals surface area contributed by atoms with Crippen LogP contribution < -0.4 is 0 Å². The molecule has 0 fully saturated rings. The van der Waals surface area contributed by atoms with E-state index in [4.69, 9.17) is 9.05 Å². The highest BCUT2D eigenvalue weighted by Gasteiger charge is 2.22. The molecule has 0 saturated heterocycles. The quantitative estimate of drug-likeness (QED) is 0.499. The molecule has 0 atom stereocenters. The van der Waals surface area contributed by atoms with Gasteiger partial charge in [0, 0.05) is 16.5 Å². The minimum atomic E-state index is -3.25. The molecule has 0 N–H and O–H groups in total. The molecule has 0 aliphatic heterocycles. The van der Waals surface area contributed by atoms with E-state index in [0.717, 1.165) is 16.2 Å². The zero-order chi connectivity index (χ0) is 17.3. The third-order valence-corrected chi connectivity index (χ3v) is 6.32. The van der Waals surface area contributed by atoms with Crippen LogP contribution in [0.3, 0.4) is 0 Å². The first kappa shape index (κ1) is 19.0. The van der Waals surface area contributed by atoms with Crippen molar-refractivity contribution in [3.63, 3.8) is 0 Å². The molecule has 2 aromatic carbocycles. The Morgan fingerprint density at radius 2 is 1.50 bits per heavy atom. The van der Waals surface area contributed by atoms with Gasteiger partial charge in [0.25, 0.3) is 0 Å². The van der Waals surface area contributed by atoms with Crippen LogP contribution in [0, 0.1) is 0 Å². The first-order chi connectivity index (χ1) is 11.7. The lowest BCUT2D eigenvalue weighted by molar-refractivity contribution is 0.229. The summed E-state index contributed by atoms with van der Waals surface area (Å²) in [4.78, 5) is 0.907. The van der Waals surface area contributed by atoms with Crippen molar-refractivity contribution in [2.75, 3.05) is 13.2 Å². The molecule has 2 rings (SSSR count). The van der Waals surface area contributed by atoms with E-state index in [9.17, 15) is 4.57 Å². The summed E-state index contributed by atoms with van der Waals surface area (Å²) in [6, 6.07) is 20.1. The maximum absolute atomic E-state index is 12.9. The van der Waals surface area contributed by atoms with Gasteiger partial charge in [-0.1, -0.05) is 60.7 Å². The van der Waals surface area contributed by atoms with E-state index in [-0.39, 0.29) is 0 Å². The van der Waals surface area contributed by atoms with E-state index >= 15 is 0 Å². The number of rotatable bonds is 9. The van der Waals surface area contributed by atoms with Crippen LogP contribution in [-0.4, -0.2) is 13.2 Å². The molecule has 2 aromatic rings. The van der Waals surface area contributed by atoms with Gasteiger partial charge in [0.15, 0.2) is 0 Å². The van der Waals surface area contributed by atoms with Crippen molar-refractivity contribution in [1.82, 2.24) is 0 Å². The van der Waals surface area contributed by atoms with Crippen molar-refractivity contribution < 1.29 is 13.6 Å². The maximum Gasteiger partial charge on any atom is 0.355 e. The summed E-state index contributed by atoms with van der Waals surface area (Å²) in [5.74, 6) is 2.45. The fourth-order valence-corrected chi connectivity index (χ4v) is 5.03. The molecule has 0 amide bonds. The predicted molar refractivity (Wildman–Crippen MR) is 103 cm³/mol. The van der Waals surface area contributed by atoms with Crippen molar-refractivity contribution in [3.05, 3.63) is 77.6 Å². The molecule has 0 bridgehead atoms. The molecule has 0 radical (unpaired) electrons. The van der Waals surface area contributed by atoms with Crippen LogP contribution in [0.15, 0.2) is 66.5 Å². The number of benzene rings is 2. The molecule has 0 saturated carbocycles. The SMILES string of the molecule is CCOP(=O)(/C=C(/SCc1ccccc1)c1ccccc1)OCC. The average molecular weight is 362 g/mol. The minimum absolute atomic E-state index is 0.346. The van der Waals surface area contributed by atoms with E-state index in [1.54, 1.807) is 17.6 Å². The van der Waals surface area contributed by atoms with E-state index in [2.05, 4.69) is 12.1 Å². The molecule has 5 heteroatoms. The Balaban J connectivity index is 2.28. The first-order valence-electron chi connectivity index (χ1n) is 8.00. The summed E-state index contributed by atoms with van der Waals surface area (Å²) in [7, 11) is -3.25. The van der Waals surface area contributed by atoms with E-state index in [0.29, 0.717) is 13.2 Å². The van der Waals surface area contributed by atoms with E-state index in [1.165, 1.54) is 5.56 Å². The molecular formula is C19H23O3PS. The molecule has 0 aliphatic carbocycles. The Morgan fingerprint density at radius 1 is 0.958 bits per heavy atom. The Bertz CT molecular complexity index is 676. The highest BCUT2D eigenvalue weighted by Crippen LogP contribution is 2.53. The van der Waals surface area contributed by atoms with Gasteiger partial charge in [-0.2, -0.15) is 0 Å². The van der Waals surface area contributed by atoms with Crippen LogP contribution in [0.1, 0.15) is 25.0 Å². The molecule has 0 aliphatic rings. The van der Waals surface area contributed by atoms with Crippen LogP contribution in [0.5, 0.6) is 0 Å². The van der Waals surface area contributed by atoms with E-state index in [1.807, 2.05) is 62.4 Å². The zero-order valence-corrected chi connectivity index (χ0v) is 15.8. The number of thioether (sulfide) groups is 1. The average Bonchev–Trinajstić information content (AvgIpc) is 2.61. The highest BCUT2D eigenvalue weighted by molar-refractivity contribution is 8.07. The Labute approximate surface area is 148 Å². The Kier molecular flexibility index (Phi) is 7.80. The molecule has 0 aromatic heterocycles. The largest absolute Gasteiger partial charge is 0.355 e. The lowest BCUT2D eigenvalue weighted by Crippen LogP contribution is -1.94. The number of hydrogen-bond acceptors (Lipinski definition) is 4. The lowest BCUT2D eigenvalue weighted by Gasteiger charge is -2.16. The molecule has 3 nitrogen and oxygen atoms in total. The maximum atomic E-state index is 12.9. The van der Waals surface area contributed by atoms with Gasteiger partial charge in [-0.15, -0.1) is 11.8 Å². The molecular weight excluding hydrogens is 339 g/mol. The summed E-state index contributed by atoms with van der Waals surface area (Å²) >= 11 is 1.64. The summed E-state index contributed by atoms with van der Waals surface area (Å²) in [5.41, 5.74) is 2.23. The van der Waals surface area contributed by atoms with Gasteiger partial charge in [-0.3, -0.25) is 4.57 Å². The number of hydrogen-bond donors (Lipinski definition) is 0. The highest BCUT2D eigenvalue weighted by atomic mass is 32.2. The van der Waals surface area contributed by atoms with Gasteiger partial charge in [-0.25, -0.2) is 0 Å². The fraction of sp³-hybridized carbons (Fsp3) is 0.263. The van der Waals surface area contributed by atoms with Gasteiger partial charge < -0.3 is 9.05 Å². The molecule has 0 unspecified atom stereocenters. The van der Waals surface area contributed by atoms with Crippen LogP contribution in [-0.2, 0) is 19.4 Å². The smallest absolute Gasteiger partial charge is 0.306 e. The van der Waals surface area contributed by atoms with Gasteiger partial charge >= 0.3 is 7.60 Å². The van der Waals surface area contributed by atoms with Gasteiger partial charge in [0.05, 0.1) is 13.2 Å². The summed E-state index contributed by atoms with van der Waals surface area (Å²) in [5, 5.41) is 0. The zero-order valence-electron chi connectivity index (χ0n) is 14.1. The standard InChI is InChI=1S/C19H23O3PS/c1-3-21-23(20,22-4-2)15-19(18-13-9-6-10-14-18)24-16-17-11-7-5-8-12-17/h5-15H,3-4,16H2,1-2H3/b19-15+. The third kappa shape index (κ3) is 5.95. The van der Waals surface area contributed by atoms with Crippen molar-refractivity contribution in [2.45, 2.75) is 19.6 Å². The van der Waals surface area contributed by atoms with Crippen molar-refractivity contribution in [3.8, 4) is 0 Å². The van der Waals surface area contributed by atoms with Gasteiger partial charge in [-0.05, 0) is 25.0 Å². The second-order valence-corrected chi connectivity index (χ2v) is 7.88. The van der Waals surface area contributed by atoms with Crippen molar-refractivity contribution in [2.24, 2.45) is 0 Å². The lowest BCUT2D eigenvalue weighted by atomic mass is 10.2. The third-order valence-electron chi connectivity index (χ3n) is 3.19. The van der Waals surface area contributed by atoms with Crippen LogP contribution in [0.25, 0.3) is 4.91 Å². The Morgan fingerprint density at radius 3 is 2.04 bits per heavy atom. The summed E-state index contributed by atoms with van der Waals surface area (Å²) in [6.07, 6.45) is 0. The van der Waals surface area contributed by atoms with Crippen molar-refractivity contribution in [1.29, 1.82) is 0 Å². The minimum Gasteiger partial charge on any atom is -0.306 e.